The molecular weight excluding hydrogens is 240 g/mol. The van der Waals surface area contributed by atoms with Gasteiger partial charge in [0, 0.05) is 19.0 Å². The molecule has 1 aromatic rings. The fourth-order valence-electron chi connectivity index (χ4n) is 2.29. The van der Waals surface area contributed by atoms with E-state index in [1.807, 2.05) is 4.90 Å². The van der Waals surface area contributed by atoms with Crippen molar-refractivity contribution in [3.63, 3.8) is 0 Å². The number of nitrogens with zero attached hydrogens (tertiary/aromatic N) is 2. The molecule has 1 atom stereocenters. The van der Waals surface area contributed by atoms with E-state index in [-0.39, 0.29) is 5.91 Å². The Labute approximate surface area is 106 Å². The van der Waals surface area contributed by atoms with E-state index >= 15 is 0 Å². The number of aromatic nitrogens is 1. The third kappa shape index (κ3) is 2.80. The fraction of sp³-hybridized carbons (Fsp3) is 0.667. The van der Waals surface area contributed by atoms with Gasteiger partial charge in [0.15, 0.2) is 6.39 Å². The van der Waals surface area contributed by atoms with Crippen LogP contribution in [0.4, 0.5) is 0 Å². The van der Waals surface area contributed by atoms with E-state index in [0.29, 0.717) is 23.3 Å². The Kier molecular flexibility index (Phi) is 4.05. The molecule has 0 bridgehead atoms. The molecule has 1 fully saturated rings. The van der Waals surface area contributed by atoms with Crippen molar-refractivity contribution in [3.8, 4) is 0 Å². The van der Waals surface area contributed by atoms with Crippen molar-refractivity contribution in [1.29, 1.82) is 0 Å². The van der Waals surface area contributed by atoms with Crippen LogP contribution in [-0.2, 0) is 0 Å². The Morgan fingerprint density at radius 2 is 2.53 bits per heavy atom. The molecule has 0 radical (unpaired) electrons. The second-order valence-corrected chi connectivity index (χ2v) is 4.88. The molecule has 94 valence electrons. The van der Waals surface area contributed by atoms with Crippen LogP contribution in [0.2, 0.25) is 0 Å². The average Bonchev–Trinajstić information content (AvgIpc) is 2.75. The second kappa shape index (κ2) is 5.54. The smallest absolute Gasteiger partial charge is 0.291 e. The van der Waals surface area contributed by atoms with Gasteiger partial charge in [0.2, 0.25) is 5.76 Å². The number of halogens is 1. The lowest BCUT2D eigenvalue weighted by atomic mass is 9.95. The summed E-state index contributed by atoms with van der Waals surface area (Å²) >= 11 is 5.75. The zero-order valence-electron chi connectivity index (χ0n) is 9.99. The Hall–Kier alpha value is -1.03. The van der Waals surface area contributed by atoms with Gasteiger partial charge in [-0.05, 0) is 32.1 Å². The number of likely N-dealkylation sites (tertiary alicyclic amines) is 1. The van der Waals surface area contributed by atoms with E-state index in [1.54, 1.807) is 6.92 Å². The highest BCUT2D eigenvalue weighted by Crippen LogP contribution is 2.22. The Balaban J connectivity index is 2.02. The first kappa shape index (κ1) is 12.4. The first-order valence-corrected chi connectivity index (χ1v) is 6.51. The van der Waals surface area contributed by atoms with E-state index < -0.39 is 0 Å². The van der Waals surface area contributed by atoms with Crippen molar-refractivity contribution in [3.05, 3.63) is 17.8 Å². The maximum absolute atomic E-state index is 12.2. The standard InChI is InChI=1S/C12H17ClN2O2/c1-9-11(17-8-14-9)12(16)15-6-2-3-10(7-15)4-5-13/h8,10H,2-7H2,1H3. The van der Waals surface area contributed by atoms with Gasteiger partial charge in [0.1, 0.15) is 0 Å². The van der Waals surface area contributed by atoms with E-state index in [0.717, 1.165) is 32.4 Å². The first-order chi connectivity index (χ1) is 8.22. The highest BCUT2D eigenvalue weighted by Gasteiger charge is 2.26. The van der Waals surface area contributed by atoms with Crippen LogP contribution in [0.15, 0.2) is 10.8 Å². The lowest BCUT2D eigenvalue weighted by Gasteiger charge is -2.32. The van der Waals surface area contributed by atoms with Crippen molar-refractivity contribution in [2.45, 2.75) is 26.2 Å². The van der Waals surface area contributed by atoms with Gasteiger partial charge in [-0.1, -0.05) is 0 Å². The van der Waals surface area contributed by atoms with Crippen LogP contribution in [0.1, 0.15) is 35.5 Å². The molecule has 1 aliphatic rings. The summed E-state index contributed by atoms with van der Waals surface area (Å²) < 4.78 is 5.15. The Bertz CT molecular complexity index is 390. The number of alkyl halides is 1. The van der Waals surface area contributed by atoms with Crippen molar-refractivity contribution in [2.24, 2.45) is 5.92 Å². The van der Waals surface area contributed by atoms with Gasteiger partial charge in [0.05, 0.1) is 5.69 Å². The number of carbonyl (C=O) groups is 1. The minimum Gasteiger partial charge on any atom is -0.438 e. The Morgan fingerprint density at radius 3 is 3.18 bits per heavy atom. The van der Waals surface area contributed by atoms with Crippen LogP contribution in [0.25, 0.3) is 0 Å². The number of piperidine rings is 1. The lowest BCUT2D eigenvalue weighted by molar-refractivity contribution is 0.0638. The second-order valence-electron chi connectivity index (χ2n) is 4.50. The van der Waals surface area contributed by atoms with Crippen LogP contribution in [0, 0.1) is 12.8 Å². The van der Waals surface area contributed by atoms with E-state index in [2.05, 4.69) is 4.98 Å². The summed E-state index contributed by atoms with van der Waals surface area (Å²) in [7, 11) is 0. The molecule has 1 unspecified atom stereocenters. The number of amides is 1. The fourth-order valence-corrected chi connectivity index (χ4v) is 2.60. The highest BCUT2D eigenvalue weighted by molar-refractivity contribution is 6.17. The summed E-state index contributed by atoms with van der Waals surface area (Å²) in [5, 5.41) is 0. The highest BCUT2D eigenvalue weighted by atomic mass is 35.5. The predicted octanol–water partition coefficient (Wildman–Crippen LogP) is 2.46. The average molecular weight is 257 g/mol. The van der Waals surface area contributed by atoms with E-state index in [1.165, 1.54) is 6.39 Å². The van der Waals surface area contributed by atoms with Gasteiger partial charge in [-0.25, -0.2) is 4.98 Å². The van der Waals surface area contributed by atoms with Crippen LogP contribution in [0.5, 0.6) is 0 Å². The molecule has 5 heteroatoms. The summed E-state index contributed by atoms with van der Waals surface area (Å²) in [6.07, 6.45) is 4.50. The van der Waals surface area contributed by atoms with Crippen molar-refractivity contribution in [2.75, 3.05) is 19.0 Å². The van der Waals surface area contributed by atoms with Gasteiger partial charge in [-0.3, -0.25) is 4.79 Å². The normalized spacial score (nSPS) is 20.6. The quantitative estimate of drug-likeness (QED) is 0.781. The minimum absolute atomic E-state index is 0.0423. The van der Waals surface area contributed by atoms with E-state index in [4.69, 9.17) is 16.0 Å². The maximum atomic E-state index is 12.2. The minimum atomic E-state index is -0.0423. The third-order valence-corrected chi connectivity index (χ3v) is 3.48. The van der Waals surface area contributed by atoms with Gasteiger partial charge in [0.25, 0.3) is 5.91 Å². The topological polar surface area (TPSA) is 46.3 Å². The number of carbonyl (C=O) groups excluding carboxylic acids is 1. The van der Waals surface area contributed by atoms with Crippen molar-refractivity contribution < 1.29 is 9.21 Å². The van der Waals surface area contributed by atoms with Gasteiger partial charge in [-0.2, -0.15) is 0 Å². The summed E-state index contributed by atoms with van der Waals surface area (Å²) in [5.41, 5.74) is 0.662. The molecule has 17 heavy (non-hydrogen) atoms. The summed E-state index contributed by atoms with van der Waals surface area (Å²) in [6, 6.07) is 0. The molecule has 1 aliphatic heterocycles. The Morgan fingerprint density at radius 1 is 1.71 bits per heavy atom. The molecular formula is C12H17ClN2O2. The molecule has 1 saturated heterocycles. The SMILES string of the molecule is Cc1ncoc1C(=O)N1CCCC(CCCl)C1. The zero-order valence-corrected chi connectivity index (χ0v) is 10.7. The number of rotatable bonds is 3. The maximum Gasteiger partial charge on any atom is 0.291 e. The third-order valence-electron chi connectivity index (χ3n) is 3.26. The number of oxazole rings is 1. The van der Waals surface area contributed by atoms with Crippen molar-refractivity contribution in [1.82, 2.24) is 9.88 Å². The monoisotopic (exact) mass is 256 g/mol. The van der Waals surface area contributed by atoms with Crippen LogP contribution in [-0.4, -0.2) is 34.8 Å². The largest absolute Gasteiger partial charge is 0.438 e. The molecule has 2 rings (SSSR count). The summed E-state index contributed by atoms with van der Waals surface area (Å²) in [4.78, 5) is 18.0. The van der Waals surface area contributed by atoms with Gasteiger partial charge < -0.3 is 9.32 Å². The summed E-state index contributed by atoms with van der Waals surface area (Å²) in [6.45, 7) is 3.38. The molecule has 1 aromatic heterocycles. The molecule has 0 saturated carbocycles. The number of hydrogen-bond acceptors (Lipinski definition) is 3. The molecule has 0 aliphatic carbocycles. The van der Waals surface area contributed by atoms with Crippen LogP contribution >= 0.6 is 11.6 Å². The lowest BCUT2D eigenvalue weighted by Crippen LogP contribution is -2.40. The number of hydrogen-bond donors (Lipinski definition) is 0. The first-order valence-electron chi connectivity index (χ1n) is 5.97. The molecule has 1 amide bonds. The predicted molar refractivity (Wildman–Crippen MR) is 65.2 cm³/mol. The van der Waals surface area contributed by atoms with Crippen LogP contribution < -0.4 is 0 Å². The molecule has 2 heterocycles. The number of aryl methyl sites for hydroxylation is 1. The van der Waals surface area contributed by atoms with Gasteiger partial charge in [-0.15, -0.1) is 11.6 Å². The molecule has 0 aromatic carbocycles. The van der Waals surface area contributed by atoms with Crippen molar-refractivity contribution >= 4 is 17.5 Å². The molecule has 0 N–H and O–H groups in total. The molecule has 4 nitrogen and oxygen atoms in total. The van der Waals surface area contributed by atoms with Gasteiger partial charge >= 0.3 is 0 Å². The van der Waals surface area contributed by atoms with Crippen LogP contribution in [0.3, 0.4) is 0 Å². The zero-order chi connectivity index (χ0) is 12.3. The summed E-state index contributed by atoms with van der Waals surface area (Å²) in [5.74, 6) is 1.51. The molecule has 0 spiro atoms. The van der Waals surface area contributed by atoms with E-state index in [9.17, 15) is 4.79 Å².